The van der Waals surface area contributed by atoms with Crippen molar-refractivity contribution in [3.05, 3.63) is 12.7 Å². The average molecular weight is 181 g/mol. The predicted octanol–water partition coefficient (Wildman–Crippen LogP) is 0.170. The van der Waals surface area contributed by atoms with Crippen molar-refractivity contribution in [3.63, 3.8) is 0 Å². The number of likely N-dealkylation sites (tertiary alicyclic amines) is 1. The van der Waals surface area contributed by atoms with E-state index in [0.29, 0.717) is 0 Å². The van der Waals surface area contributed by atoms with Crippen LogP contribution in [0.4, 0.5) is 0 Å². The van der Waals surface area contributed by atoms with E-state index in [4.69, 9.17) is 0 Å². The molecule has 1 N–H and O–H groups in total. The van der Waals surface area contributed by atoms with Crippen molar-refractivity contribution < 1.29 is 0 Å². The number of hydrogen-bond acceptors (Lipinski definition) is 3. The second-order valence-corrected chi connectivity index (χ2v) is 4.30. The molecule has 2 saturated heterocycles. The minimum atomic E-state index is 0.891. The molecule has 0 aromatic carbocycles. The summed E-state index contributed by atoms with van der Waals surface area (Å²) in [6.07, 6.45) is 1.92. The first kappa shape index (κ1) is 9.19. The molecule has 0 bridgehead atoms. The van der Waals surface area contributed by atoms with Crippen LogP contribution >= 0.6 is 0 Å². The van der Waals surface area contributed by atoms with Gasteiger partial charge in [-0.25, -0.2) is 5.01 Å². The van der Waals surface area contributed by atoms with E-state index in [0.717, 1.165) is 18.4 Å². The summed E-state index contributed by atoms with van der Waals surface area (Å²) >= 11 is 0. The molecule has 13 heavy (non-hydrogen) atoms. The molecule has 0 aliphatic carbocycles. The molecule has 74 valence electrons. The van der Waals surface area contributed by atoms with Gasteiger partial charge in [0.05, 0.1) is 0 Å². The highest BCUT2D eigenvalue weighted by molar-refractivity contribution is 4.91. The average Bonchev–Trinajstić information content (AvgIpc) is 2.57. The van der Waals surface area contributed by atoms with Gasteiger partial charge in [-0.1, -0.05) is 6.08 Å². The molecule has 0 saturated carbocycles. The normalized spacial score (nSPS) is 35.2. The van der Waals surface area contributed by atoms with Crippen molar-refractivity contribution in [1.82, 2.24) is 15.3 Å². The van der Waals surface area contributed by atoms with E-state index >= 15 is 0 Å². The zero-order valence-electron chi connectivity index (χ0n) is 8.37. The second kappa shape index (κ2) is 3.78. The smallest absolute Gasteiger partial charge is 0.0280 e. The topological polar surface area (TPSA) is 18.5 Å². The van der Waals surface area contributed by atoms with Crippen LogP contribution in [0.15, 0.2) is 12.7 Å². The minimum Gasteiger partial charge on any atom is -0.306 e. The fraction of sp³-hybridized carbons (Fsp3) is 0.800. The van der Waals surface area contributed by atoms with Gasteiger partial charge in [-0.05, 0) is 18.9 Å². The first-order chi connectivity index (χ1) is 6.29. The predicted molar refractivity (Wildman–Crippen MR) is 54.2 cm³/mol. The summed E-state index contributed by atoms with van der Waals surface area (Å²) in [5.74, 6) is 1.78. The fourth-order valence-electron chi connectivity index (χ4n) is 2.55. The van der Waals surface area contributed by atoms with Crippen molar-refractivity contribution >= 4 is 0 Å². The minimum absolute atomic E-state index is 0.891. The largest absolute Gasteiger partial charge is 0.306 e. The lowest BCUT2D eigenvalue weighted by Gasteiger charge is -2.18. The summed E-state index contributed by atoms with van der Waals surface area (Å²) in [6, 6.07) is 0. The van der Waals surface area contributed by atoms with Gasteiger partial charge in [0.1, 0.15) is 0 Å². The van der Waals surface area contributed by atoms with Crippen LogP contribution < -0.4 is 5.43 Å². The van der Waals surface area contributed by atoms with E-state index < -0.39 is 0 Å². The van der Waals surface area contributed by atoms with Gasteiger partial charge >= 0.3 is 0 Å². The molecule has 0 aromatic heterocycles. The summed E-state index contributed by atoms with van der Waals surface area (Å²) in [5, 5.41) is 2.35. The molecule has 2 heterocycles. The number of nitrogens with one attached hydrogen (secondary N) is 1. The first-order valence-electron chi connectivity index (χ1n) is 5.07. The Labute approximate surface area is 80.4 Å². The van der Waals surface area contributed by atoms with Crippen molar-refractivity contribution in [2.24, 2.45) is 11.8 Å². The Bertz CT molecular complexity index is 179. The van der Waals surface area contributed by atoms with Crippen molar-refractivity contribution in [3.8, 4) is 0 Å². The zero-order valence-corrected chi connectivity index (χ0v) is 8.37. The van der Waals surface area contributed by atoms with Gasteiger partial charge in [-0.15, -0.1) is 6.58 Å². The molecule has 0 amide bonds. The van der Waals surface area contributed by atoms with Crippen LogP contribution in [0, 0.1) is 11.8 Å². The third-order valence-corrected chi connectivity index (χ3v) is 3.13. The molecule has 2 atom stereocenters. The maximum Gasteiger partial charge on any atom is 0.0280 e. The quantitative estimate of drug-likeness (QED) is 0.626. The van der Waals surface area contributed by atoms with Crippen LogP contribution in [0.3, 0.4) is 0 Å². The number of hydrogen-bond donors (Lipinski definition) is 1. The SMILES string of the molecule is C=CCNN1CC2CN(C)CC2C1. The molecule has 3 heteroatoms. The van der Waals surface area contributed by atoms with Gasteiger partial charge < -0.3 is 4.90 Å². The highest BCUT2D eigenvalue weighted by Crippen LogP contribution is 2.28. The molecule has 0 aromatic rings. The van der Waals surface area contributed by atoms with Crippen molar-refractivity contribution in [1.29, 1.82) is 0 Å². The Kier molecular flexibility index (Phi) is 2.67. The number of rotatable bonds is 3. The number of hydrazine groups is 1. The van der Waals surface area contributed by atoms with Gasteiger partial charge in [0.25, 0.3) is 0 Å². The van der Waals surface area contributed by atoms with Crippen LogP contribution in [0.5, 0.6) is 0 Å². The molecule has 0 spiro atoms. The van der Waals surface area contributed by atoms with E-state index in [1.54, 1.807) is 0 Å². The highest BCUT2D eigenvalue weighted by atomic mass is 15.5. The van der Waals surface area contributed by atoms with Gasteiger partial charge in [0.15, 0.2) is 0 Å². The summed E-state index contributed by atoms with van der Waals surface area (Å²) < 4.78 is 0. The monoisotopic (exact) mass is 181 g/mol. The zero-order chi connectivity index (χ0) is 9.26. The van der Waals surface area contributed by atoms with E-state index in [9.17, 15) is 0 Å². The summed E-state index contributed by atoms with van der Waals surface area (Å²) in [6.45, 7) is 9.58. The standard InChI is InChI=1S/C10H19N3/c1-3-4-11-13-7-9-5-12(2)6-10(9)8-13/h3,9-11H,1,4-8H2,2H3. The van der Waals surface area contributed by atoms with E-state index in [-0.39, 0.29) is 0 Å². The Balaban J connectivity index is 1.80. The van der Waals surface area contributed by atoms with E-state index in [1.807, 2.05) is 6.08 Å². The van der Waals surface area contributed by atoms with Crippen LogP contribution in [0.2, 0.25) is 0 Å². The van der Waals surface area contributed by atoms with Crippen molar-refractivity contribution in [2.75, 3.05) is 39.8 Å². The maximum absolute atomic E-state index is 3.71. The van der Waals surface area contributed by atoms with Gasteiger partial charge in [0, 0.05) is 32.7 Å². The van der Waals surface area contributed by atoms with E-state index in [2.05, 4.69) is 29.0 Å². The van der Waals surface area contributed by atoms with Gasteiger partial charge in [-0.2, -0.15) is 0 Å². The Morgan fingerprint density at radius 2 is 1.92 bits per heavy atom. The third-order valence-electron chi connectivity index (χ3n) is 3.13. The molecule has 2 rings (SSSR count). The van der Waals surface area contributed by atoms with E-state index in [1.165, 1.54) is 26.2 Å². The lowest BCUT2D eigenvalue weighted by atomic mass is 10.0. The Morgan fingerprint density at radius 3 is 2.46 bits per heavy atom. The molecule has 2 aliphatic rings. The first-order valence-corrected chi connectivity index (χ1v) is 5.07. The lowest BCUT2D eigenvalue weighted by Crippen LogP contribution is -2.38. The van der Waals surface area contributed by atoms with Crippen LogP contribution in [0.1, 0.15) is 0 Å². The molecular formula is C10H19N3. The maximum atomic E-state index is 3.71. The summed E-state index contributed by atoms with van der Waals surface area (Å²) in [4.78, 5) is 2.44. The fourth-order valence-corrected chi connectivity index (χ4v) is 2.55. The highest BCUT2D eigenvalue weighted by Gasteiger charge is 2.38. The molecule has 2 fully saturated rings. The summed E-state index contributed by atoms with van der Waals surface area (Å²) in [5.41, 5.74) is 3.37. The molecule has 0 radical (unpaired) electrons. The second-order valence-electron chi connectivity index (χ2n) is 4.30. The number of nitrogens with zero attached hydrogens (tertiary/aromatic N) is 2. The van der Waals surface area contributed by atoms with Gasteiger partial charge in [-0.3, -0.25) is 5.43 Å². The van der Waals surface area contributed by atoms with Crippen LogP contribution in [-0.4, -0.2) is 49.7 Å². The molecule has 3 nitrogen and oxygen atoms in total. The third kappa shape index (κ3) is 1.93. The number of fused-ring (bicyclic) bond motifs is 1. The van der Waals surface area contributed by atoms with Crippen LogP contribution in [-0.2, 0) is 0 Å². The molecule has 2 unspecified atom stereocenters. The Morgan fingerprint density at radius 1 is 1.31 bits per heavy atom. The van der Waals surface area contributed by atoms with Crippen molar-refractivity contribution in [2.45, 2.75) is 0 Å². The molecule has 2 aliphatic heterocycles. The molecular weight excluding hydrogens is 162 g/mol. The summed E-state index contributed by atoms with van der Waals surface area (Å²) in [7, 11) is 2.22. The van der Waals surface area contributed by atoms with Crippen LogP contribution in [0.25, 0.3) is 0 Å². The van der Waals surface area contributed by atoms with Gasteiger partial charge in [0.2, 0.25) is 0 Å². The Hall–Kier alpha value is -0.380. The lowest BCUT2D eigenvalue weighted by molar-refractivity contribution is 0.213.